The van der Waals surface area contributed by atoms with Gasteiger partial charge in [-0.25, -0.2) is 5.43 Å². The molecule has 2 aliphatic heterocycles. The van der Waals surface area contributed by atoms with E-state index in [1.165, 1.54) is 54.4 Å². The van der Waals surface area contributed by atoms with Crippen molar-refractivity contribution in [2.24, 2.45) is 15.9 Å². The maximum Gasteiger partial charge on any atom is 0.0879 e. The average molecular weight is 395 g/mol. The fraction of sp³-hybridized carbons (Fsp3) is 0.565. The molecule has 4 rings (SSSR count). The number of nitrogens with one attached hydrogen (secondary N) is 2. The molecule has 0 spiro atoms. The van der Waals surface area contributed by atoms with Crippen molar-refractivity contribution in [3.05, 3.63) is 41.1 Å². The molecule has 0 aromatic heterocycles. The zero-order valence-corrected chi connectivity index (χ0v) is 17.9. The average Bonchev–Trinajstić information content (AvgIpc) is 2.97. The summed E-state index contributed by atoms with van der Waals surface area (Å²) in [7, 11) is 2.05. The SMILES string of the molecule is CC(=NN)C1=NCCC(NC2CCCCC2)c2cc(C3=CN(C)NC3C)ccc21. The van der Waals surface area contributed by atoms with Crippen molar-refractivity contribution in [1.82, 2.24) is 15.8 Å². The lowest BCUT2D eigenvalue weighted by molar-refractivity contribution is 0.332. The van der Waals surface area contributed by atoms with Gasteiger partial charge in [-0.1, -0.05) is 31.4 Å². The highest BCUT2D eigenvalue weighted by Crippen LogP contribution is 2.32. The zero-order chi connectivity index (χ0) is 20.4. The number of benzene rings is 1. The van der Waals surface area contributed by atoms with Gasteiger partial charge in [-0.2, -0.15) is 5.10 Å². The number of hydrogen-bond donors (Lipinski definition) is 3. The van der Waals surface area contributed by atoms with Gasteiger partial charge in [0, 0.05) is 37.4 Å². The maximum atomic E-state index is 5.63. The van der Waals surface area contributed by atoms with E-state index in [0.717, 1.165) is 24.4 Å². The Hall–Kier alpha value is -2.18. The molecule has 2 unspecified atom stereocenters. The summed E-state index contributed by atoms with van der Waals surface area (Å²) in [5.74, 6) is 5.63. The number of aliphatic imine (C=N–C) groups is 1. The zero-order valence-electron chi connectivity index (χ0n) is 17.9. The Morgan fingerprint density at radius 3 is 2.72 bits per heavy atom. The Labute approximate surface area is 174 Å². The maximum absolute atomic E-state index is 5.63. The van der Waals surface area contributed by atoms with E-state index < -0.39 is 0 Å². The lowest BCUT2D eigenvalue weighted by Crippen LogP contribution is -2.35. The first kappa shape index (κ1) is 20.1. The second-order valence-electron chi connectivity index (χ2n) is 8.64. The van der Waals surface area contributed by atoms with Gasteiger partial charge in [-0.05, 0) is 55.9 Å². The van der Waals surface area contributed by atoms with Crippen molar-refractivity contribution < 1.29 is 0 Å². The van der Waals surface area contributed by atoms with Crippen molar-refractivity contribution in [2.45, 2.75) is 70.5 Å². The molecule has 6 nitrogen and oxygen atoms in total. The van der Waals surface area contributed by atoms with Gasteiger partial charge in [0.2, 0.25) is 0 Å². The van der Waals surface area contributed by atoms with E-state index in [1.807, 2.05) is 19.0 Å². The fourth-order valence-corrected chi connectivity index (χ4v) is 4.95. The summed E-state index contributed by atoms with van der Waals surface area (Å²) < 4.78 is 0. The summed E-state index contributed by atoms with van der Waals surface area (Å²) >= 11 is 0. The van der Waals surface area contributed by atoms with E-state index in [0.29, 0.717) is 18.1 Å². The van der Waals surface area contributed by atoms with Crippen LogP contribution < -0.4 is 16.6 Å². The van der Waals surface area contributed by atoms with Gasteiger partial charge in [-0.3, -0.25) is 4.99 Å². The third-order valence-electron chi connectivity index (χ3n) is 6.48. The molecule has 1 fully saturated rings. The van der Waals surface area contributed by atoms with Crippen molar-refractivity contribution in [3.8, 4) is 0 Å². The fourth-order valence-electron chi connectivity index (χ4n) is 4.95. The highest BCUT2D eigenvalue weighted by Gasteiger charge is 2.27. The van der Waals surface area contributed by atoms with E-state index in [9.17, 15) is 0 Å². The van der Waals surface area contributed by atoms with Crippen molar-refractivity contribution >= 4 is 17.0 Å². The quantitative estimate of drug-likeness (QED) is 0.416. The smallest absolute Gasteiger partial charge is 0.0879 e. The predicted molar refractivity (Wildman–Crippen MR) is 121 cm³/mol. The van der Waals surface area contributed by atoms with Crippen LogP contribution in [-0.4, -0.2) is 42.1 Å². The first-order chi connectivity index (χ1) is 14.1. The number of nitrogens with zero attached hydrogens (tertiary/aromatic N) is 3. The van der Waals surface area contributed by atoms with Crippen LogP contribution in [0.3, 0.4) is 0 Å². The Morgan fingerprint density at radius 2 is 2.03 bits per heavy atom. The van der Waals surface area contributed by atoms with Crippen LogP contribution in [0.4, 0.5) is 0 Å². The molecule has 0 saturated heterocycles. The Morgan fingerprint density at radius 1 is 1.24 bits per heavy atom. The lowest BCUT2D eigenvalue weighted by Gasteiger charge is -2.29. The van der Waals surface area contributed by atoms with Crippen LogP contribution in [0, 0.1) is 0 Å². The molecule has 0 radical (unpaired) electrons. The topological polar surface area (TPSA) is 78.0 Å². The molecule has 156 valence electrons. The summed E-state index contributed by atoms with van der Waals surface area (Å²) in [4.78, 5) is 4.86. The minimum Gasteiger partial charge on any atom is -0.323 e. The standard InChI is InChI=1S/C23H34N6/c1-15-21(14-29(3)28-15)17-9-10-19-20(13-17)22(26-18-7-5-4-6-8-18)11-12-25-23(19)16(2)27-24/h9-10,13-15,18,22,26,28H,4-8,11-12,24H2,1-3H3. The summed E-state index contributed by atoms with van der Waals surface area (Å²) in [6.45, 7) is 4.95. The number of nitrogens with two attached hydrogens (primary N) is 1. The molecule has 2 heterocycles. The van der Waals surface area contributed by atoms with Crippen molar-refractivity contribution in [2.75, 3.05) is 13.6 Å². The molecular weight excluding hydrogens is 360 g/mol. The van der Waals surface area contributed by atoms with Crippen LogP contribution in [0.2, 0.25) is 0 Å². The van der Waals surface area contributed by atoms with Crippen molar-refractivity contribution in [1.29, 1.82) is 0 Å². The van der Waals surface area contributed by atoms with E-state index in [4.69, 9.17) is 10.8 Å². The molecule has 29 heavy (non-hydrogen) atoms. The van der Waals surface area contributed by atoms with Gasteiger partial charge in [0.1, 0.15) is 0 Å². The normalized spacial score (nSPS) is 26.0. The minimum absolute atomic E-state index is 0.300. The van der Waals surface area contributed by atoms with Crippen LogP contribution in [0.1, 0.15) is 75.1 Å². The lowest BCUT2D eigenvalue weighted by atomic mass is 9.88. The molecule has 1 aliphatic carbocycles. The van der Waals surface area contributed by atoms with Gasteiger partial charge >= 0.3 is 0 Å². The van der Waals surface area contributed by atoms with E-state index >= 15 is 0 Å². The van der Waals surface area contributed by atoms with Gasteiger partial charge in [0.15, 0.2) is 0 Å². The molecule has 0 amide bonds. The highest BCUT2D eigenvalue weighted by atomic mass is 15.5. The molecule has 1 aromatic carbocycles. The molecule has 4 N–H and O–H groups in total. The first-order valence-electron chi connectivity index (χ1n) is 11.0. The highest BCUT2D eigenvalue weighted by molar-refractivity contribution is 6.48. The van der Waals surface area contributed by atoms with Gasteiger partial charge in [0.05, 0.1) is 17.5 Å². The third kappa shape index (κ3) is 4.23. The van der Waals surface area contributed by atoms with Gasteiger partial charge in [0.25, 0.3) is 0 Å². The second kappa shape index (κ2) is 8.67. The van der Waals surface area contributed by atoms with Gasteiger partial charge < -0.3 is 16.2 Å². The van der Waals surface area contributed by atoms with Crippen LogP contribution in [0.15, 0.2) is 34.5 Å². The number of fused-ring (bicyclic) bond motifs is 1. The molecule has 6 heteroatoms. The summed E-state index contributed by atoms with van der Waals surface area (Å²) in [6.07, 6.45) is 9.78. The van der Waals surface area contributed by atoms with Gasteiger partial charge in [-0.15, -0.1) is 0 Å². The van der Waals surface area contributed by atoms with E-state index in [-0.39, 0.29) is 0 Å². The van der Waals surface area contributed by atoms with E-state index in [1.54, 1.807) is 0 Å². The molecular formula is C23H34N6. The molecule has 2 atom stereocenters. The van der Waals surface area contributed by atoms with E-state index in [2.05, 4.69) is 47.2 Å². The largest absolute Gasteiger partial charge is 0.323 e. The first-order valence-corrected chi connectivity index (χ1v) is 11.0. The van der Waals surface area contributed by atoms with Crippen LogP contribution >= 0.6 is 0 Å². The van der Waals surface area contributed by atoms with Crippen molar-refractivity contribution in [3.63, 3.8) is 0 Å². The Balaban J connectivity index is 1.73. The number of rotatable bonds is 4. The third-order valence-corrected chi connectivity index (χ3v) is 6.48. The summed E-state index contributed by atoms with van der Waals surface area (Å²) in [5.41, 5.74) is 10.3. The number of hydrazone groups is 1. The molecule has 1 saturated carbocycles. The number of hydrazine groups is 1. The summed E-state index contributed by atoms with van der Waals surface area (Å²) in [5, 5.41) is 9.98. The van der Waals surface area contributed by atoms with Crippen LogP contribution in [-0.2, 0) is 0 Å². The van der Waals surface area contributed by atoms with Crippen LogP contribution in [0.5, 0.6) is 0 Å². The second-order valence-corrected chi connectivity index (χ2v) is 8.64. The minimum atomic E-state index is 0.300. The predicted octanol–water partition coefficient (Wildman–Crippen LogP) is 3.36. The van der Waals surface area contributed by atoms with Crippen LogP contribution in [0.25, 0.3) is 5.57 Å². The molecule has 1 aromatic rings. The molecule has 0 bridgehead atoms. The summed E-state index contributed by atoms with van der Waals surface area (Å²) in [6, 6.07) is 8.00. The monoisotopic (exact) mass is 394 g/mol. The Kier molecular flexibility index (Phi) is 6.01. The molecule has 3 aliphatic rings. The Bertz CT molecular complexity index is 834. The number of hydrogen-bond acceptors (Lipinski definition) is 6.